The maximum absolute atomic E-state index is 13.3. The van der Waals surface area contributed by atoms with Crippen molar-refractivity contribution >= 4 is 57.0 Å². The third-order valence-corrected chi connectivity index (χ3v) is 8.64. The van der Waals surface area contributed by atoms with Gasteiger partial charge in [0.25, 0.3) is 10.5 Å². The summed E-state index contributed by atoms with van der Waals surface area (Å²) in [5.41, 5.74) is 3.69. The van der Waals surface area contributed by atoms with Crippen LogP contribution in [0.15, 0.2) is 132 Å². The molecule has 210 valence electrons. The van der Waals surface area contributed by atoms with Crippen LogP contribution in [0.4, 0.5) is 21.0 Å². The first kappa shape index (κ1) is 27.6. The fourth-order valence-electron chi connectivity index (χ4n) is 4.60. The molecule has 2 fully saturated rings. The summed E-state index contributed by atoms with van der Waals surface area (Å²) in [5.74, 6) is 0.959. The molecule has 2 heterocycles. The highest BCUT2D eigenvalue weighted by Gasteiger charge is 2.40. The van der Waals surface area contributed by atoms with E-state index in [1.165, 1.54) is 0 Å². The Balaban J connectivity index is 1.37. The van der Waals surface area contributed by atoms with Gasteiger partial charge in [0.05, 0.1) is 13.1 Å². The summed E-state index contributed by atoms with van der Waals surface area (Å²) in [6.45, 7) is 0.715. The molecule has 8 nitrogen and oxygen atoms in total. The van der Waals surface area contributed by atoms with E-state index < -0.39 is 10.7 Å². The number of amidine groups is 2. The van der Waals surface area contributed by atoms with Gasteiger partial charge in [-0.3, -0.25) is 19.4 Å². The van der Waals surface area contributed by atoms with Crippen molar-refractivity contribution < 1.29 is 9.59 Å². The topological polar surface area (TPSA) is 89.4 Å². The summed E-state index contributed by atoms with van der Waals surface area (Å²) >= 11 is 2.32. The van der Waals surface area contributed by atoms with Crippen LogP contribution in [0.2, 0.25) is 0 Å². The van der Waals surface area contributed by atoms with E-state index in [-0.39, 0.29) is 10.5 Å². The van der Waals surface area contributed by atoms with Gasteiger partial charge in [-0.25, -0.2) is 0 Å². The van der Waals surface area contributed by atoms with Gasteiger partial charge in [-0.2, -0.15) is 0 Å². The Morgan fingerprint density at radius 1 is 0.524 bits per heavy atom. The molecule has 0 spiro atoms. The van der Waals surface area contributed by atoms with Crippen molar-refractivity contribution in [3.05, 3.63) is 132 Å². The minimum Gasteiger partial charge on any atom is -0.367 e. The number of para-hydroxylation sites is 2. The summed E-state index contributed by atoms with van der Waals surface area (Å²) < 4.78 is 0. The fourth-order valence-corrected chi connectivity index (χ4v) is 6.53. The van der Waals surface area contributed by atoms with Crippen LogP contribution >= 0.6 is 23.5 Å². The fraction of sp³-hybridized carbons (Fsp3) is 0.125. The molecule has 10 heteroatoms. The molecular formula is C32H28N6O2S2. The number of carbonyl (C=O) groups excluding carboxylic acids is 2. The van der Waals surface area contributed by atoms with E-state index in [9.17, 15) is 9.59 Å². The van der Waals surface area contributed by atoms with E-state index in [4.69, 9.17) is 10.2 Å². The van der Waals surface area contributed by atoms with Crippen LogP contribution < -0.4 is 10.6 Å². The monoisotopic (exact) mass is 592 g/mol. The molecule has 2 N–H and O–H groups in total. The Labute approximate surface area is 252 Å². The number of anilines is 2. The van der Waals surface area contributed by atoms with Crippen LogP contribution in [0.3, 0.4) is 0 Å². The van der Waals surface area contributed by atoms with Gasteiger partial charge in [-0.1, -0.05) is 97.1 Å². The zero-order chi connectivity index (χ0) is 28.7. The molecule has 2 aliphatic rings. The number of hydrogen-bond acceptors (Lipinski definition) is 8. The summed E-state index contributed by atoms with van der Waals surface area (Å²) in [6, 6.07) is 39.0. The number of benzene rings is 4. The second-order valence-corrected chi connectivity index (χ2v) is 11.7. The van der Waals surface area contributed by atoms with Gasteiger partial charge in [-0.05, 0) is 58.9 Å². The Morgan fingerprint density at radius 2 is 0.857 bits per heavy atom. The average Bonchev–Trinajstić information content (AvgIpc) is 3.47. The van der Waals surface area contributed by atoms with Crippen molar-refractivity contribution in [2.75, 3.05) is 10.6 Å². The molecule has 4 aromatic carbocycles. The maximum atomic E-state index is 13.3. The smallest absolute Gasteiger partial charge is 0.289 e. The van der Waals surface area contributed by atoms with Crippen molar-refractivity contribution in [3.63, 3.8) is 0 Å². The lowest BCUT2D eigenvalue weighted by Gasteiger charge is -2.20. The third kappa shape index (κ3) is 6.50. The number of nitrogens with one attached hydrogen (secondary N) is 2. The predicted molar refractivity (Wildman–Crippen MR) is 173 cm³/mol. The second-order valence-electron chi connectivity index (χ2n) is 9.61. The molecule has 2 amide bonds. The predicted octanol–water partition coefficient (Wildman–Crippen LogP) is 7.31. The van der Waals surface area contributed by atoms with Gasteiger partial charge < -0.3 is 10.6 Å². The lowest BCUT2D eigenvalue weighted by Crippen LogP contribution is -2.36. The van der Waals surface area contributed by atoms with E-state index in [0.29, 0.717) is 24.8 Å². The van der Waals surface area contributed by atoms with Crippen molar-refractivity contribution in [1.82, 2.24) is 9.80 Å². The van der Waals surface area contributed by atoms with Crippen molar-refractivity contribution in [3.8, 4) is 0 Å². The van der Waals surface area contributed by atoms with Crippen molar-refractivity contribution in [2.24, 2.45) is 10.2 Å². The molecule has 0 aliphatic carbocycles. The molecule has 0 aromatic heterocycles. The molecule has 42 heavy (non-hydrogen) atoms. The molecular weight excluding hydrogens is 565 g/mol. The van der Waals surface area contributed by atoms with E-state index in [0.717, 1.165) is 46.0 Å². The summed E-state index contributed by atoms with van der Waals surface area (Å²) in [4.78, 5) is 29.9. The van der Waals surface area contributed by atoms with Crippen LogP contribution in [0.25, 0.3) is 0 Å². The minimum absolute atomic E-state index is 0.122. The summed E-state index contributed by atoms with van der Waals surface area (Å²) in [6.07, 6.45) is 0. The van der Waals surface area contributed by atoms with E-state index >= 15 is 0 Å². The number of rotatable bonds is 9. The average molecular weight is 593 g/mol. The molecule has 0 saturated carbocycles. The number of amides is 2. The number of carbonyl (C=O) groups is 2. The lowest BCUT2D eigenvalue weighted by atomic mass is 10.2. The third-order valence-electron chi connectivity index (χ3n) is 6.67. The number of nitrogens with zero attached hydrogens (tertiary/aromatic N) is 4. The molecule has 6 rings (SSSR count). The van der Waals surface area contributed by atoms with E-state index in [1.807, 2.05) is 121 Å². The Hall–Kier alpha value is -4.54. The van der Waals surface area contributed by atoms with Gasteiger partial charge >= 0.3 is 0 Å². The zero-order valence-corrected chi connectivity index (χ0v) is 24.2. The van der Waals surface area contributed by atoms with Crippen molar-refractivity contribution in [2.45, 2.75) is 23.8 Å². The second kappa shape index (κ2) is 13.0. The highest BCUT2D eigenvalue weighted by Crippen LogP contribution is 2.33. The Morgan fingerprint density at radius 3 is 1.21 bits per heavy atom. The van der Waals surface area contributed by atoms with Gasteiger partial charge in [-0.15, -0.1) is 10.2 Å². The molecule has 2 aliphatic heterocycles. The zero-order valence-electron chi connectivity index (χ0n) is 22.5. The maximum Gasteiger partial charge on any atom is 0.289 e. The molecule has 4 aromatic rings. The summed E-state index contributed by atoms with van der Waals surface area (Å²) in [7, 11) is 0. The minimum atomic E-state index is -0.458. The van der Waals surface area contributed by atoms with Crippen LogP contribution in [0, 0.1) is 0 Å². The standard InChI is InChI=1S/C32H28N6O2S2/c39-31-37(21-23-13-5-1-6-14-23)27(29(41-31)33-25-17-9-3-10-18-25)35-36-28-30(34-26-19-11-4-12-20-26)42-32(40)38(28)22-24-15-7-2-8-16-24/h1-20,29-30,33-34H,21-22H2/b35-27+,36-28?. The van der Waals surface area contributed by atoms with Gasteiger partial charge in [0.15, 0.2) is 11.7 Å². The van der Waals surface area contributed by atoms with E-state index in [1.54, 1.807) is 9.80 Å². The van der Waals surface area contributed by atoms with Crippen LogP contribution in [-0.2, 0) is 13.1 Å². The van der Waals surface area contributed by atoms with Crippen LogP contribution in [0.5, 0.6) is 0 Å². The van der Waals surface area contributed by atoms with Gasteiger partial charge in [0.2, 0.25) is 0 Å². The summed E-state index contributed by atoms with van der Waals surface area (Å²) in [5, 5.41) is 15.1. The Bertz CT molecular complexity index is 1470. The van der Waals surface area contributed by atoms with Crippen LogP contribution in [0.1, 0.15) is 11.1 Å². The van der Waals surface area contributed by atoms with Gasteiger partial charge in [0.1, 0.15) is 10.7 Å². The van der Waals surface area contributed by atoms with Crippen LogP contribution in [-0.4, -0.2) is 42.7 Å². The molecule has 2 unspecified atom stereocenters. The highest BCUT2D eigenvalue weighted by molar-refractivity contribution is 8.15. The molecule has 2 atom stereocenters. The highest BCUT2D eigenvalue weighted by atomic mass is 32.2. The molecule has 2 saturated heterocycles. The van der Waals surface area contributed by atoms with Gasteiger partial charge in [0, 0.05) is 11.4 Å². The lowest BCUT2D eigenvalue weighted by molar-refractivity contribution is 0.242. The first-order chi connectivity index (χ1) is 20.6. The van der Waals surface area contributed by atoms with Crippen molar-refractivity contribution in [1.29, 1.82) is 0 Å². The number of hydrogen-bond donors (Lipinski definition) is 2. The SMILES string of the molecule is O=C1SC(Nc2ccccc2)C(=N/N=C2\C(Nc3ccccc3)SC(=O)N2Cc2ccccc2)N1Cc1ccccc1. The molecule has 0 bridgehead atoms. The first-order valence-corrected chi connectivity index (χ1v) is 15.2. The number of thioether (sulfide) groups is 2. The Kier molecular flexibility index (Phi) is 8.53. The van der Waals surface area contributed by atoms with E-state index in [2.05, 4.69) is 10.6 Å². The first-order valence-electron chi connectivity index (χ1n) is 13.5. The molecule has 0 radical (unpaired) electrons. The normalized spacial score (nSPS) is 20.5. The quantitative estimate of drug-likeness (QED) is 0.198. The largest absolute Gasteiger partial charge is 0.367 e.